The van der Waals surface area contributed by atoms with E-state index in [2.05, 4.69) is 10.6 Å². The fourth-order valence-corrected chi connectivity index (χ4v) is 2.13. The van der Waals surface area contributed by atoms with Gasteiger partial charge in [0.2, 0.25) is 0 Å². The van der Waals surface area contributed by atoms with E-state index in [1.807, 2.05) is 62.4 Å². The number of hydrogen-bond acceptors (Lipinski definition) is 3. The Kier molecular flexibility index (Phi) is 9.46. The molecule has 0 unspecified atom stereocenters. The molecule has 0 aliphatic rings. The molecule has 2 N–H and O–H groups in total. The Bertz CT molecular complexity index is 549. The maximum absolute atomic E-state index is 5.40. The maximum atomic E-state index is 5.40. The van der Waals surface area contributed by atoms with Crippen molar-refractivity contribution >= 4 is 28.7 Å². The van der Waals surface area contributed by atoms with Crippen LogP contribution in [-0.4, -0.2) is 18.3 Å². The number of nitrogens with one attached hydrogen (secondary N) is 2. The normalized spacial score (nSPS) is 9.48. The Hall–Kier alpha value is -0.893. The Labute approximate surface area is 176 Å². The van der Waals surface area contributed by atoms with Crippen molar-refractivity contribution in [2.75, 3.05) is 23.8 Å². The minimum Gasteiger partial charge on any atom is -0.494 e. The van der Waals surface area contributed by atoms with Crippen LogP contribution in [0.3, 0.4) is 0 Å². The SMILES string of the molecule is CCOc1ccc(NC(=S)Nc2ccc(OCC)cc2)cc1.[Ce]. The van der Waals surface area contributed by atoms with Gasteiger partial charge in [-0.15, -0.1) is 0 Å². The molecule has 0 saturated heterocycles. The summed E-state index contributed by atoms with van der Waals surface area (Å²) in [5, 5.41) is 6.80. The van der Waals surface area contributed by atoms with Crippen LogP contribution in [-0.2, 0) is 0 Å². The molecule has 0 spiro atoms. The van der Waals surface area contributed by atoms with Crippen LogP contribution in [0.5, 0.6) is 11.5 Å². The van der Waals surface area contributed by atoms with Gasteiger partial charge < -0.3 is 20.1 Å². The van der Waals surface area contributed by atoms with Crippen molar-refractivity contribution in [3.63, 3.8) is 0 Å². The summed E-state index contributed by atoms with van der Waals surface area (Å²) in [4.78, 5) is 0. The fraction of sp³-hybridized carbons (Fsp3) is 0.235. The molecule has 0 aliphatic heterocycles. The van der Waals surface area contributed by atoms with E-state index in [1.54, 1.807) is 0 Å². The van der Waals surface area contributed by atoms with Crippen LogP contribution < -0.4 is 20.1 Å². The van der Waals surface area contributed by atoms with Gasteiger partial charge in [0.05, 0.1) is 13.2 Å². The van der Waals surface area contributed by atoms with Gasteiger partial charge in [-0.1, -0.05) is 0 Å². The standard InChI is InChI=1S/C17H20N2O2S.Ce/c1-3-20-15-9-5-13(6-10-15)18-17(22)19-14-7-11-16(12-8-14)21-4-2;/h5-12H,3-4H2,1-2H3,(H2,18,19,22);. The van der Waals surface area contributed by atoms with Crippen molar-refractivity contribution in [1.29, 1.82) is 0 Å². The van der Waals surface area contributed by atoms with Crippen LogP contribution in [0.1, 0.15) is 13.8 Å². The molecule has 0 aromatic heterocycles. The molecule has 2 rings (SSSR count). The molecule has 2 aromatic rings. The second-order valence-corrected chi connectivity index (χ2v) is 4.90. The van der Waals surface area contributed by atoms with E-state index in [1.165, 1.54) is 0 Å². The first-order valence-electron chi connectivity index (χ1n) is 7.25. The van der Waals surface area contributed by atoms with Crippen molar-refractivity contribution < 1.29 is 51.2 Å². The minimum absolute atomic E-state index is 0. The van der Waals surface area contributed by atoms with Gasteiger partial charge in [0, 0.05) is 53.1 Å². The quantitative estimate of drug-likeness (QED) is 0.635. The molecular weight excluding hydrogens is 436 g/mol. The Morgan fingerprint density at radius 1 is 0.783 bits per heavy atom. The summed E-state index contributed by atoms with van der Waals surface area (Å²) in [5.41, 5.74) is 1.82. The van der Waals surface area contributed by atoms with Crippen molar-refractivity contribution in [3.8, 4) is 11.5 Å². The van der Waals surface area contributed by atoms with Crippen LogP contribution in [0.4, 0.5) is 11.4 Å². The van der Waals surface area contributed by atoms with Gasteiger partial charge in [-0.3, -0.25) is 0 Å². The predicted molar refractivity (Wildman–Crippen MR) is 95.1 cm³/mol. The molecule has 0 fully saturated rings. The molecule has 0 saturated carbocycles. The van der Waals surface area contributed by atoms with Gasteiger partial charge >= 0.3 is 0 Å². The zero-order chi connectivity index (χ0) is 15.8. The van der Waals surface area contributed by atoms with Crippen LogP contribution in [0.25, 0.3) is 0 Å². The number of benzene rings is 2. The summed E-state index contributed by atoms with van der Waals surface area (Å²) in [6, 6.07) is 15.3. The number of rotatable bonds is 6. The average Bonchev–Trinajstić information content (AvgIpc) is 2.52. The third-order valence-electron chi connectivity index (χ3n) is 2.85. The monoisotopic (exact) mass is 456 g/mol. The Balaban J connectivity index is 0.00000264. The minimum atomic E-state index is 0. The molecule has 2 aromatic carbocycles. The maximum Gasteiger partial charge on any atom is 0.175 e. The molecule has 6 heteroatoms. The summed E-state index contributed by atoms with van der Waals surface area (Å²) < 4.78 is 10.8. The van der Waals surface area contributed by atoms with Gasteiger partial charge in [0.25, 0.3) is 0 Å². The molecule has 0 radical (unpaired) electrons. The fourth-order valence-electron chi connectivity index (χ4n) is 1.90. The van der Waals surface area contributed by atoms with Crippen molar-refractivity contribution in [3.05, 3.63) is 48.5 Å². The molecule has 23 heavy (non-hydrogen) atoms. The largest absolute Gasteiger partial charge is 0.494 e. The topological polar surface area (TPSA) is 42.5 Å². The number of hydrogen-bond donors (Lipinski definition) is 2. The van der Waals surface area contributed by atoms with Crippen LogP contribution in [0.15, 0.2) is 48.5 Å². The van der Waals surface area contributed by atoms with E-state index in [4.69, 9.17) is 21.7 Å². The molecule has 120 valence electrons. The Morgan fingerprint density at radius 2 is 1.13 bits per heavy atom. The van der Waals surface area contributed by atoms with E-state index in [0.717, 1.165) is 22.9 Å². The van der Waals surface area contributed by atoms with E-state index >= 15 is 0 Å². The van der Waals surface area contributed by atoms with Gasteiger partial charge in [0.1, 0.15) is 11.5 Å². The predicted octanol–water partition coefficient (Wildman–Crippen LogP) is 4.29. The van der Waals surface area contributed by atoms with E-state index < -0.39 is 0 Å². The van der Waals surface area contributed by atoms with E-state index in [9.17, 15) is 0 Å². The second-order valence-electron chi connectivity index (χ2n) is 4.49. The van der Waals surface area contributed by atoms with Gasteiger partial charge in [-0.05, 0) is 74.6 Å². The van der Waals surface area contributed by atoms with Crippen LogP contribution in [0, 0.1) is 41.7 Å². The zero-order valence-corrected chi connectivity index (χ0v) is 17.2. The molecule has 0 atom stereocenters. The third kappa shape index (κ3) is 7.03. The van der Waals surface area contributed by atoms with E-state index in [-0.39, 0.29) is 41.7 Å². The first kappa shape index (κ1) is 20.2. The first-order valence-corrected chi connectivity index (χ1v) is 7.65. The van der Waals surface area contributed by atoms with Gasteiger partial charge in [-0.25, -0.2) is 0 Å². The van der Waals surface area contributed by atoms with Crippen molar-refractivity contribution in [2.24, 2.45) is 0 Å². The summed E-state index contributed by atoms with van der Waals surface area (Å²) in [7, 11) is 0. The molecule has 0 aliphatic carbocycles. The molecule has 0 amide bonds. The van der Waals surface area contributed by atoms with Gasteiger partial charge in [0.15, 0.2) is 5.11 Å². The summed E-state index contributed by atoms with van der Waals surface area (Å²) in [6.07, 6.45) is 0. The van der Waals surface area contributed by atoms with Crippen molar-refractivity contribution in [1.82, 2.24) is 0 Å². The van der Waals surface area contributed by atoms with Crippen molar-refractivity contribution in [2.45, 2.75) is 13.8 Å². The summed E-state index contributed by atoms with van der Waals surface area (Å²) in [6.45, 7) is 5.24. The van der Waals surface area contributed by atoms with Crippen LogP contribution in [0.2, 0.25) is 0 Å². The summed E-state index contributed by atoms with van der Waals surface area (Å²) >= 11 is 5.30. The molecule has 0 bridgehead atoms. The second kappa shape index (κ2) is 10.8. The molecule has 0 heterocycles. The zero-order valence-electron chi connectivity index (χ0n) is 13.3. The van der Waals surface area contributed by atoms with E-state index in [0.29, 0.717) is 18.3 Å². The number of anilines is 2. The number of ether oxygens (including phenoxy) is 2. The smallest absolute Gasteiger partial charge is 0.175 e. The van der Waals surface area contributed by atoms with Gasteiger partial charge in [-0.2, -0.15) is 0 Å². The van der Waals surface area contributed by atoms with Crippen LogP contribution >= 0.6 is 12.2 Å². The average molecular weight is 457 g/mol. The number of thiocarbonyl (C=S) groups is 1. The Morgan fingerprint density at radius 3 is 1.43 bits per heavy atom. The molecular formula is C17H20CeN2O2S. The third-order valence-corrected chi connectivity index (χ3v) is 3.05. The molecule has 4 nitrogen and oxygen atoms in total. The summed E-state index contributed by atoms with van der Waals surface area (Å²) in [5.74, 6) is 1.69. The first-order chi connectivity index (χ1) is 10.7.